The number of likely N-dealkylation sites (tertiary alicyclic amines) is 1. The van der Waals surface area contributed by atoms with Crippen LogP contribution in [0.4, 0.5) is 5.69 Å². The lowest BCUT2D eigenvalue weighted by Gasteiger charge is -2.38. The standard InChI is InChI=1S/C17H22N2O5/c1-11-9-14(7-8-15(11)19(22)23)17(21)24-10-16(20)18-12(2)5-4-6-13(18)3/h7-9,12-13H,4-6,10H2,1-3H3/t12-,13-/m0/s1. The molecule has 2 rings (SSSR count). The summed E-state index contributed by atoms with van der Waals surface area (Å²) in [5, 5.41) is 10.8. The zero-order valence-electron chi connectivity index (χ0n) is 14.2. The number of hydrogen-bond donors (Lipinski definition) is 0. The molecule has 0 saturated carbocycles. The molecule has 0 aliphatic carbocycles. The zero-order chi connectivity index (χ0) is 17.9. The van der Waals surface area contributed by atoms with E-state index in [9.17, 15) is 19.7 Å². The number of carbonyl (C=O) groups excluding carboxylic acids is 2. The second-order valence-corrected chi connectivity index (χ2v) is 6.26. The number of nitro benzene ring substituents is 1. The predicted octanol–water partition coefficient (Wildman–Crippen LogP) is 2.85. The number of esters is 1. The maximum atomic E-state index is 12.3. The Balaban J connectivity index is 1.99. The molecule has 24 heavy (non-hydrogen) atoms. The summed E-state index contributed by atoms with van der Waals surface area (Å²) in [4.78, 5) is 36.5. The number of benzene rings is 1. The average molecular weight is 334 g/mol. The van der Waals surface area contributed by atoms with Crippen LogP contribution in [-0.4, -0.2) is 40.4 Å². The molecule has 0 radical (unpaired) electrons. The van der Waals surface area contributed by atoms with Gasteiger partial charge in [-0.2, -0.15) is 0 Å². The fraction of sp³-hybridized carbons (Fsp3) is 0.529. The molecule has 1 saturated heterocycles. The van der Waals surface area contributed by atoms with E-state index in [2.05, 4.69) is 0 Å². The van der Waals surface area contributed by atoms with E-state index in [-0.39, 0.29) is 35.8 Å². The fourth-order valence-corrected chi connectivity index (χ4v) is 3.19. The molecule has 7 nitrogen and oxygen atoms in total. The minimum atomic E-state index is -0.654. The minimum Gasteiger partial charge on any atom is -0.452 e. The van der Waals surface area contributed by atoms with Crippen molar-refractivity contribution in [3.05, 3.63) is 39.4 Å². The second kappa shape index (κ2) is 7.42. The van der Waals surface area contributed by atoms with Crippen molar-refractivity contribution in [1.29, 1.82) is 0 Å². The number of rotatable bonds is 4. The highest BCUT2D eigenvalue weighted by molar-refractivity contribution is 5.92. The fourth-order valence-electron chi connectivity index (χ4n) is 3.19. The van der Waals surface area contributed by atoms with Gasteiger partial charge in [-0.05, 0) is 52.2 Å². The molecule has 0 spiro atoms. The normalized spacial score (nSPS) is 20.5. The van der Waals surface area contributed by atoms with Crippen LogP contribution in [-0.2, 0) is 9.53 Å². The lowest BCUT2D eigenvalue weighted by atomic mass is 9.97. The van der Waals surface area contributed by atoms with Gasteiger partial charge in [0.2, 0.25) is 0 Å². The molecule has 0 bridgehead atoms. The third-order valence-corrected chi connectivity index (χ3v) is 4.44. The smallest absolute Gasteiger partial charge is 0.338 e. The molecule has 1 aromatic rings. The van der Waals surface area contributed by atoms with Crippen molar-refractivity contribution >= 4 is 17.6 Å². The van der Waals surface area contributed by atoms with Gasteiger partial charge in [-0.3, -0.25) is 14.9 Å². The van der Waals surface area contributed by atoms with Crippen molar-refractivity contribution in [3.8, 4) is 0 Å². The van der Waals surface area contributed by atoms with E-state index in [1.807, 2.05) is 13.8 Å². The molecule has 0 aromatic heterocycles. The highest BCUT2D eigenvalue weighted by Gasteiger charge is 2.29. The van der Waals surface area contributed by atoms with Gasteiger partial charge in [0.25, 0.3) is 11.6 Å². The molecule has 7 heteroatoms. The van der Waals surface area contributed by atoms with E-state index in [0.29, 0.717) is 5.56 Å². The molecular weight excluding hydrogens is 312 g/mol. The minimum absolute atomic E-state index is 0.0569. The van der Waals surface area contributed by atoms with Crippen LogP contribution < -0.4 is 0 Å². The summed E-state index contributed by atoms with van der Waals surface area (Å²) >= 11 is 0. The first-order valence-corrected chi connectivity index (χ1v) is 8.04. The van der Waals surface area contributed by atoms with Crippen LogP contribution in [0.1, 0.15) is 49.0 Å². The van der Waals surface area contributed by atoms with Crippen molar-refractivity contribution < 1.29 is 19.2 Å². The largest absolute Gasteiger partial charge is 0.452 e. The average Bonchev–Trinajstić information content (AvgIpc) is 2.51. The lowest BCUT2D eigenvalue weighted by molar-refractivity contribution is -0.385. The predicted molar refractivity (Wildman–Crippen MR) is 87.7 cm³/mol. The van der Waals surface area contributed by atoms with E-state index in [1.165, 1.54) is 18.2 Å². The Morgan fingerprint density at radius 2 is 1.92 bits per heavy atom. The highest BCUT2D eigenvalue weighted by atomic mass is 16.6. The number of amides is 1. The first-order valence-electron chi connectivity index (χ1n) is 8.04. The molecule has 0 N–H and O–H groups in total. The van der Waals surface area contributed by atoms with Crippen LogP contribution in [0.25, 0.3) is 0 Å². The summed E-state index contributed by atoms with van der Waals surface area (Å²) in [6, 6.07) is 4.28. The Hall–Kier alpha value is -2.44. The van der Waals surface area contributed by atoms with E-state index in [4.69, 9.17) is 4.74 Å². The molecule has 1 heterocycles. The van der Waals surface area contributed by atoms with Crippen LogP contribution in [0.2, 0.25) is 0 Å². The van der Waals surface area contributed by atoms with Crippen molar-refractivity contribution in [2.75, 3.05) is 6.61 Å². The molecular formula is C17H22N2O5. The molecule has 130 valence electrons. The number of nitrogens with zero attached hydrogens (tertiary/aromatic N) is 2. The van der Waals surface area contributed by atoms with Crippen LogP contribution in [0.3, 0.4) is 0 Å². The molecule has 1 aliphatic rings. The summed E-state index contributed by atoms with van der Waals surface area (Å²) in [6.07, 6.45) is 2.99. The quantitative estimate of drug-likeness (QED) is 0.480. The summed E-state index contributed by atoms with van der Waals surface area (Å²) in [5.41, 5.74) is 0.517. The molecule has 1 aromatic carbocycles. The van der Waals surface area contributed by atoms with Gasteiger partial charge in [-0.15, -0.1) is 0 Å². The van der Waals surface area contributed by atoms with Crippen molar-refractivity contribution in [2.24, 2.45) is 0 Å². The van der Waals surface area contributed by atoms with Crippen molar-refractivity contribution in [3.63, 3.8) is 0 Å². The number of nitro groups is 1. The van der Waals surface area contributed by atoms with E-state index in [0.717, 1.165) is 19.3 Å². The number of carbonyl (C=O) groups is 2. The summed E-state index contributed by atoms with van der Waals surface area (Å²) < 4.78 is 5.10. The van der Waals surface area contributed by atoms with Gasteiger partial charge in [0.1, 0.15) is 0 Å². The Morgan fingerprint density at radius 3 is 2.46 bits per heavy atom. The molecule has 0 unspecified atom stereocenters. The van der Waals surface area contributed by atoms with Crippen LogP contribution in [0.15, 0.2) is 18.2 Å². The van der Waals surface area contributed by atoms with Crippen molar-refractivity contribution in [1.82, 2.24) is 4.90 Å². The third-order valence-electron chi connectivity index (χ3n) is 4.44. The topological polar surface area (TPSA) is 89.8 Å². The van der Waals surface area contributed by atoms with Gasteiger partial charge >= 0.3 is 5.97 Å². The van der Waals surface area contributed by atoms with Gasteiger partial charge in [0.15, 0.2) is 6.61 Å². The second-order valence-electron chi connectivity index (χ2n) is 6.26. The first kappa shape index (κ1) is 17.9. The molecule has 1 aliphatic heterocycles. The van der Waals surface area contributed by atoms with Crippen molar-refractivity contribution in [2.45, 2.75) is 52.1 Å². The monoisotopic (exact) mass is 334 g/mol. The van der Waals surface area contributed by atoms with Gasteiger partial charge in [0.05, 0.1) is 10.5 Å². The summed E-state index contributed by atoms with van der Waals surface area (Å²) in [6.45, 7) is 5.23. The SMILES string of the molecule is Cc1cc(C(=O)OCC(=O)N2[C@@H](C)CCC[C@@H]2C)ccc1[N+](=O)[O-]. The van der Waals surface area contributed by atoms with E-state index in [1.54, 1.807) is 11.8 Å². The van der Waals surface area contributed by atoms with E-state index >= 15 is 0 Å². The van der Waals surface area contributed by atoms with Crippen LogP contribution in [0, 0.1) is 17.0 Å². The molecule has 1 amide bonds. The number of ether oxygens (including phenoxy) is 1. The number of hydrogen-bond acceptors (Lipinski definition) is 5. The Kier molecular flexibility index (Phi) is 5.54. The summed E-state index contributed by atoms with van der Waals surface area (Å²) in [7, 11) is 0. The summed E-state index contributed by atoms with van der Waals surface area (Å²) in [5.74, 6) is -0.861. The van der Waals surface area contributed by atoms with Gasteiger partial charge in [-0.25, -0.2) is 4.79 Å². The highest BCUT2D eigenvalue weighted by Crippen LogP contribution is 2.23. The zero-order valence-corrected chi connectivity index (χ0v) is 14.2. The molecule has 1 fully saturated rings. The van der Waals surface area contributed by atoms with Crippen LogP contribution in [0.5, 0.6) is 0 Å². The Bertz CT molecular complexity index is 648. The Morgan fingerprint density at radius 1 is 1.29 bits per heavy atom. The maximum absolute atomic E-state index is 12.3. The number of aryl methyl sites for hydroxylation is 1. The van der Waals surface area contributed by atoms with Gasteiger partial charge in [-0.1, -0.05) is 0 Å². The maximum Gasteiger partial charge on any atom is 0.338 e. The van der Waals surface area contributed by atoms with Crippen LogP contribution >= 0.6 is 0 Å². The Labute approximate surface area is 140 Å². The molecule has 2 atom stereocenters. The third kappa shape index (κ3) is 3.90. The number of piperidine rings is 1. The van der Waals surface area contributed by atoms with Gasteiger partial charge < -0.3 is 9.64 Å². The van der Waals surface area contributed by atoms with E-state index < -0.39 is 10.9 Å². The van der Waals surface area contributed by atoms with Gasteiger partial charge in [0, 0.05) is 23.7 Å². The lowest BCUT2D eigenvalue weighted by Crippen LogP contribution is -2.49. The first-order chi connectivity index (χ1) is 11.3.